The smallest absolute Gasteiger partial charge is 0.127 e. The van der Waals surface area contributed by atoms with E-state index in [1.54, 1.807) is 6.07 Å². The number of nitrogens with one attached hydrogen (secondary N) is 1. The summed E-state index contributed by atoms with van der Waals surface area (Å²) in [6, 6.07) is 5.40. The molecule has 0 aliphatic carbocycles. The van der Waals surface area contributed by atoms with Gasteiger partial charge >= 0.3 is 0 Å². The maximum atomic E-state index is 13.6. The summed E-state index contributed by atoms with van der Waals surface area (Å²) in [6.07, 6.45) is 1.09. The molecule has 0 aromatic heterocycles. The first kappa shape index (κ1) is 14.4. The molecule has 0 spiro atoms. The van der Waals surface area contributed by atoms with Gasteiger partial charge in [-0.2, -0.15) is 0 Å². The third-order valence-electron chi connectivity index (χ3n) is 3.46. The lowest BCUT2D eigenvalue weighted by Crippen LogP contribution is -2.37. The number of ether oxygens (including phenoxy) is 1. The molecule has 0 bridgehead atoms. The van der Waals surface area contributed by atoms with Crippen LogP contribution in [0.25, 0.3) is 0 Å². The van der Waals surface area contributed by atoms with Gasteiger partial charge in [0.1, 0.15) is 5.82 Å². The third-order valence-corrected chi connectivity index (χ3v) is 3.46. The van der Waals surface area contributed by atoms with Gasteiger partial charge in [0.05, 0.1) is 13.2 Å². The summed E-state index contributed by atoms with van der Waals surface area (Å²) in [5.41, 5.74) is 1.71. The highest BCUT2D eigenvalue weighted by molar-refractivity contribution is 5.23. The van der Waals surface area contributed by atoms with Crippen molar-refractivity contribution in [2.75, 3.05) is 39.4 Å². The Morgan fingerprint density at radius 1 is 1.32 bits per heavy atom. The number of halogens is 1. The minimum absolute atomic E-state index is 0.110. The van der Waals surface area contributed by atoms with E-state index < -0.39 is 0 Å². The van der Waals surface area contributed by atoms with Crippen LogP contribution in [0.4, 0.5) is 4.39 Å². The molecule has 1 fully saturated rings. The summed E-state index contributed by atoms with van der Waals surface area (Å²) in [6.45, 7) is 8.29. The molecule has 1 aromatic carbocycles. The van der Waals surface area contributed by atoms with Crippen molar-refractivity contribution in [3.8, 4) is 0 Å². The first-order valence-electron chi connectivity index (χ1n) is 7.01. The minimum Gasteiger partial charge on any atom is -0.379 e. The van der Waals surface area contributed by atoms with Crippen LogP contribution in [0, 0.1) is 12.7 Å². The van der Waals surface area contributed by atoms with Gasteiger partial charge in [-0.3, -0.25) is 4.90 Å². The molecule has 1 aliphatic heterocycles. The molecule has 19 heavy (non-hydrogen) atoms. The quantitative estimate of drug-likeness (QED) is 0.797. The fourth-order valence-corrected chi connectivity index (χ4v) is 2.27. The molecule has 0 radical (unpaired) electrons. The highest BCUT2D eigenvalue weighted by Crippen LogP contribution is 2.09. The molecule has 2 rings (SSSR count). The molecule has 4 heteroatoms. The summed E-state index contributed by atoms with van der Waals surface area (Å²) in [7, 11) is 0. The molecule has 106 valence electrons. The standard InChI is InChI=1S/C15H23FN2O/c1-13-3-4-14(15(16)11-13)12-17-5-2-6-18-7-9-19-10-8-18/h3-4,11,17H,2,5-10,12H2,1H3. The molecule has 0 saturated carbocycles. The molecule has 1 aliphatic rings. The van der Waals surface area contributed by atoms with Crippen LogP contribution in [0.2, 0.25) is 0 Å². The molecule has 1 aromatic rings. The maximum Gasteiger partial charge on any atom is 0.127 e. The molecular weight excluding hydrogens is 243 g/mol. The van der Waals surface area contributed by atoms with Crippen molar-refractivity contribution in [3.05, 3.63) is 35.1 Å². The SMILES string of the molecule is Cc1ccc(CNCCCN2CCOCC2)c(F)c1. The first-order chi connectivity index (χ1) is 9.25. The average molecular weight is 266 g/mol. The van der Waals surface area contributed by atoms with E-state index in [2.05, 4.69) is 10.2 Å². The van der Waals surface area contributed by atoms with Gasteiger partial charge in [-0.15, -0.1) is 0 Å². The van der Waals surface area contributed by atoms with Gasteiger partial charge in [0.2, 0.25) is 0 Å². The van der Waals surface area contributed by atoms with E-state index in [0.29, 0.717) is 6.54 Å². The maximum absolute atomic E-state index is 13.6. The molecule has 3 nitrogen and oxygen atoms in total. The number of hydrogen-bond acceptors (Lipinski definition) is 3. The van der Waals surface area contributed by atoms with Crippen molar-refractivity contribution < 1.29 is 9.13 Å². The Morgan fingerprint density at radius 2 is 2.11 bits per heavy atom. The summed E-state index contributed by atoms with van der Waals surface area (Å²) in [5, 5.41) is 3.30. The van der Waals surface area contributed by atoms with Crippen LogP contribution in [0.15, 0.2) is 18.2 Å². The second-order valence-electron chi connectivity index (χ2n) is 5.08. The molecule has 1 heterocycles. The van der Waals surface area contributed by atoms with Crippen molar-refractivity contribution in [1.29, 1.82) is 0 Å². The van der Waals surface area contributed by atoms with E-state index in [1.165, 1.54) is 0 Å². The zero-order valence-corrected chi connectivity index (χ0v) is 11.6. The first-order valence-corrected chi connectivity index (χ1v) is 7.01. The van der Waals surface area contributed by atoms with Crippen LogP contribution in [0.1, 0.15) is 17.5 Å². The molecule has 1 saturated heterocycles. The van der Waals surface area contributed by atoms with Crippen molar-refractivity contribution in [1.82, 2.24) is 10.2 Å². The Labute approximate surface area is 114 Å². The zero-order valence-electron chi connectivity index (χ0n) is 11.6. The fraction of sp³-hybridized carbons (Fsp3) is 0.600. The zero-order chi connectivity index (χ0) is 13.5. The Hall–Kier alpha value is -0.970. The van der Waals surface area contributed by atoms with Gasteiger partial charge in [-0.05, 0) is 38.1 Å². The molecule has 1 N–H and O–H groups in total. The number of aryl methyl sites for hydroxylation is 1. The Kier molecular flexibility index (Phi) is 5.76. The number of hydrogen-bond donors (Lipinski definition) is 1. The van der Waals surface area contributed by atoms with E-state index in [4.69, 9.17) is 4.74 Å². The third kappa shape index (κ3) is 4.90. The van der Waals surface area contributed by atoms with Crippen LogP contribution in [0.3, 0.4) is 0 Å². The van der Waals surface area contributed by atoms with E-state index in [1.807, 2.05) is 19.1 Å². The molecule has 0 unspecified atom stereocenters. The monoisotopic (exact) mass is 266 g/mol. The molecule has 0 atom stereocenters. The molecule has 0 amide bonds. The van der Waals surface area contributed by atoms with Gasteiger partial charge in [0, 0.05) is 25.2 Å². The predicted octanol–water partition coefficient (Wildman–Crippen LogP) is 1.95. The highest BCUT2D eigenvalue weighted by Gasteiger charge is 2.09. The highest BCUT2D eigenvalue weighted by atomic mass is 19.1. The van der Waals surface area contributed by atoms with Gasteiger partial charge in [-0.25, -0.2) is 4.39 Å². The predicted molar refractivity (Wildman–Crippen MR) is 74.7 cm³/mol. The van der Waals surface area contributed by atoms with Gasteiger partial charge in [0.25, 0.3) is 0 Å². The Bertz CT molecular complexity index is 392. The van der Waals surface area contributed by atoms with E-state index in [9.17, 15) is 4.39 Å². The lowest BCUT2D eigenvalue weighted by molar-refractivity contribution is 0.0374. The lowest BCUT2D eigenvalue weighted by Gasteiger charge is -2.26. The average Bonchev–Trinajstić information content (AvgIpc) is 2.42. The summed E-state index contributed by atoms with van der Waals surface area (Å²) >= 11 is 0. The van der Waals surface area contributed by atoms with Crippen LogP contribution >= 0.6 is 0 Å². The summed E-state index contributed by atoms with van der Waals surface area (Å²) in [4.78, 5) is 2.41. The van der Waals surface area contributed by atoms with Crippen LogP contribution in [-0.4, -0.2) is 44.3 Å². The number of benzene rings is 1. The number of rotatable bonds is 6. The van der Waals surface area contributed by atoms with Crippen LogP contribution in [0.5, 0.6) is 0 Å². The van der Waals surface area contributed by atoms with Crippen LogP contribution in [-0.2, 0) is 11.3 Å². The topological polar surface area (TPSA) is 24.5 Å². The normalized spacial score (nSPS) is 16.7. The van der Waals surface area contributed by atoms with E-state index in [-0.39, 0.29) is 5.82 Å². The van der Waals surface area contributed by atoms with E-state index in [0.717, 1.165) is 56.9 Å². The summed E-state index contributed by atoms with van der Waals surface area (Å²) in [5.74, 6) is -0.110. The van der Waals surface area contributed by atoms with Crippen molar-refractivity contribution in [2.24, 2.45) is 0 Å². The largest absolute Gasteiger partial charge is 0.379 e. The van der Waals surface area contributed by atoms with Gasteiger partial charge < -0.3 is 10.1 Å². The van der Waals surface area contributed by atoms with E-state index >= 15 is 0 Å². The second kappa shape index (κ2) is 7.58. The fourth-order valence-electron chi connectivity index (χ4n) is 2.27. The van der Waals surface area contributed by atoms with Gasteiger partial charge in [-0.1, -0.05) is 12.1 Å². The minimum atomic E-state index is -0.110. The Morgan fingerprint density at radius 3 is 2.84 bits per heavy atom. The van der Waals surface area contributed by atoms with Crippen molar-refractivity contribution in [2.45, 2.75) is 19.9 Å². The van der Waals surface area contributed by atoms with Crippen LogP contribution < -0.4 is 5.32 Å². The van der Waals surface area contributed by atoms with Crippen molar-refractivity contribution >= 4 is 0 Å². The number of morpholine rings is 1. The lowest BCUT2D eigenvalue weighted by atomic mass is 10.1. The van der Waals surface area contributed by atoms with Crippen molar-refractivity contribution in [3.63, 3.8) is 0 Å². The number of nitrogens with zero attached hydrogens (tertiary/aromatic N) is 1. The summed E-state index contributed by atoms with van der Waals surface area (Å²) < 4.78 is 18.9. The van der Waals surface area contributed by atoms with Gasteiger partial charge in [0.15, 0.2) is 0 Å². The second-order valence-corrected chi connectivity index (χ2v) is 5.08. The Balaban J connectivity index is 1.61. The molecular formula is C15H23FN2O.